The van der Waals surface area contributed by atoms with E-state index in [-0.39, 0.29) is 12.0 Å². The molecule has 0 fully saturated rings. The highest BCUT2D eigenvalue weighted by Crippen LogP contribution is 2.01. The maximum Gasteiger partial charge on any atom is 0.323 e. The molecule has 1 aromatic heterocycles. The fourth-order valence-corrected chi connectivity index (χ4v) is 1.40. The van der Waals surface area contributed by atoms with Crippen molar-refractivity contribution in [3.05, 3.63) is 18.2 Å². The minimum Gasteiger partial charge on any atom is -0.468 e. The molecule has 0 radical (unpaired) electrons. The molecule has 0 amide bonds. The summed E-state index contributed by atoms with van der Waals surface area (Å²) in [5.41, 5.74) is 0.902. The van der Waals surface area contributed by atoms with E-state index >= 15 is 0 Å². The van der Waals surface area contributed by atoms with E-state index in [0.29, 0.717) is 6.42 Å². The molecule has 0 saturated heterocycles. The summed E-state index contributed by atoms with van der Waals surface area (Å²) in [5.74, 6) is -0.274. The molecule has 5 nitrogen and oxygen atoms in total. The lowest BCUT2D eigenvalue weighted by atomic mass is 10.2. The Morgan fingerprint density at radius 1 is 1.92 bits per heavy atom. The zero-order valence-electron chi connectivity index (χ0n) is 7.08. The van der Waals surface area contributed by atoms with Crippen LogP contribution in [0.4, 0.5) is 0 Å². The van der Waals surface area contributed by atoms with Gasteiger partial charge >= 0.3 is 5.97 Å². The van der Waals surface area contributed by atoms with Gasteiger partial charge in [0.05, 0.1) is 13.4 Å². The van der Waals surface area contributed by atoms with Gasteiger partial charge < -0.3 is 9.72 Å². The van der Waals surface area contributed by atoms with E-state index in [0.717, 1.165) is 5.69 Å². The van der Waals surface area contributed by atoms with Crippen LogP contribution in [0, 0.1) is 0 Å². The molecule has 72 valence electrons. The molecule has 1 aromatic rings. The molecule has 1 rings (SSSR count). The third-order valence-corrected chi connectivity index (χ3v) is 2.35. The van der Waals surface area contributed by atoms with Crippen molar-refractivity contribution in [2.45, 2.75) is 12.5 Å². The topological polar surface area (TPSA) is 67.0 Å². The summed E-state index contributed by atoms with van der Waals surface area (Å²) in [4.78, 5) is 17.9. The fourth-order valence-electron chi connectivity index (χ4n) is 0.925. The van der Waals surface area contributed by atoms with Crippen LogP contribution in [0.1, 0.15) is 5.69 Å². The summed E-state index contributed by atoms with van der Waals surface area (Å²) >= 11 is 1.93. The number of halogens is 1. The molecule has 6 heteroatoms. The van der Waals surface area contributed by atoms with Gasteiger partial charge in [-0.3, -0.25) is 4.79 Å². The number of aromatic amines is 1. The summed E-state index contributed by atoms with van der Waals surface area (Å²) < 4.78 is 7.45. The molecule has 1 heterocycles. The van der Waals surface area contributed by atoms with Crippen LogP contribution in [-0.4, -0.2) is 29.1 Å². The van der Waals surface area contributed by atoms with Crippen molar-refractivity contribution in [1.82, 2.24) is 13.5 Å². The molecule has 0 aliphatic carbocycles. The third-order valence-electron chi connectivity index (χ3n) is 1.60. The van der Waals surface area contributed by atoms with Crippen molar-refractivity contribution in [2.75, 3.05) is 7.11 Å². The first-order chi connectivity index (χ1) is 6.27. The number of carbonyl (C=O) groups excluding carboxylic acids is 1. The molecule has 0 aliphatic rings. The van der Waals surface area contributed by atoms with E-state index < -0.39 is 0 Å². The predicted molar refractivity (Wildman–Crippen MR) is 55.3 cm³/mol. The van der Waals surface area contributed by atoms with E-state index in [1.807, 2.05) is 22.9 Å². The van der Waals surface area contributed by atoms with Crippen molar-refractivity contribution in [3.63, 3.8) is 0 Å². The van der Waals surface area contributed by atoms with Gasteiger partial charge in [0.25, 0.3) is 0 Å². The van der Waals surface area contributed by atoms with Gasteiger partial charge in [-0.1, -0.05) is 0 Å². The highest BCUT2D eigenvalue weighted by molar-refractivity contribution is 14.1. The number of nitrogens with zero attached hydrogens (tertiary/aromatic N) is 1. The van der Waals surface area contributed by atoms with E-state index in [9.17, 15) is 4.79 Å². The van der Waals surface area contributed by atoms with Crippen LogP contribution in [0.15, 0.2) is 12.5 Å². The van der Waals surface area contributed by atoms with Gasteiger partial charge in [-0.25, -0.2) is 8.51 Å². The monoisotopic (exact) mass is 295 g/mol. The highest BCUT2D eigenvalue weighted by atomic mass is 127. The van der Waals surface area contributed by atoms with E-state index in [4.69, 9.17) is 0 Å². The third kappa shape index (κ3) is 2.96. The zero-order valence-corrected chi connectivity index (χ0v) is 9.24. The number of H-pyrrole nitrogens is 1. The first-order valence-corrected chi connectivity index (χ1v) is 4.77. The van der Waals surface area contributed by atoms with Gasteiger partial charge in [0.1, 0.15) is 6.04 Å². The Bertz CT molecular complexity index is 263. The van der Waals surface area contributed by atoms with E-state index in [2.05, 4.69) is 18.2 Å². The lowest BCUT2D eigenvalue weighted by Crippen LogP contribution is -2.33. The van der Waals surface area contributed by atoms with Gasteiger partial charge in [0, 0.05) is 41.2 Å². The normalized spacial score (nSPS) is 12.5. The summed E-state index contributed by atoms with van der Waals surface area (Å²) in [6, 6.07) is -0.328. The van der Waals surface area contributed by atoms with Crippen molar-refractivity contribution in [3.8, 4) is 0 Å². The average molecular weight is 295 g/mol. The Morgan fingerprint density at radius 2 is 2.69 bits per heavy atom. The molecule has 0 bridgehead atoms. The molecule has 0 aliphatic heterocycles. The van der Waals surface area contributed by atoms with Gasteiger partial charge in [0.2, 0.25) is 0 Å². The number of nitrogens with one attached hydrogen (secondary N) is 2. The standard InChI is InChI=1S/C7H10IN3O2/c1-13-7(12)6(11-8)2-5-3-9-4-10-5/h3-4,6,11H,2H2,1H3,(H,9,10). The molecule has 1 unspecified atom stereocenters. The fraction of sp³-hybridized carbons (Fsp3) is 0.429. The Morgan fingerprint density at radius 3 is 3.15 bits per heavy atom. The van der Waals surface area contributed by atoms with Crippen molar-refractivity contribution in [2.24, 2.45) is 0 Å². The lowest BCUT2D eigenvalue weighted by molar-refractivity contribution is -0.142. The van der Waals surface area contributed by atoms with Crippen LogP contribution in [-0.2, 0) is 16.0 Å². The minimum absolute atomic E-state index is 0.274. The second-order valence-electron chi connectivity index (χ2n) is 2.47. The molecule has 13 heavy (non-hydrogen) atoms. The Kier molecular flexibility index (Phi) is 4.16. The van der Waals surface area contributed by atoms with Crippen LogP contribution >= 0.6 is 22.9 Å². The van der Waals surface area contributed by atoms with Gasteiger partial charge in [0.15, 0.2) is 0 Å². The van der Waals surface area contributed by atoms with Gasteiger partial charge in [-0.15, -0.1) is 0 Å². The van der Waals surface area contributed by atoms with Gasteiger partial charge in [-0.05, 0) is 0 Å². The highest BCUT2D eigenvalue weighted by Gasteiger charge is 2.18. The minimum atomic E-state index is -0.328. The van der Waals surface area contributed by atoms with Crippen LogP contribution in [0.2, 0.25) is 0 Å². The summed E-state index contributed by atoms with van der Waals surface area (Å²) in [6.07, 6.45) is 3.82. The van der Waals surface area contributed by atoms with Crippen molar-refractivity contribution in [1.29, 1.82) is 0 Å². The number of ether oxygens (including phenoxy) is 1. The first kappa shape index (κ1) is 10.5. The molecule has 0 spiro atoms. The summed E-state index contributed by atoms with van der Waals surface area (Å²) in [7, 11) is 1.37. The predicted octanol–water partition coefficient (Wildman–Crippen LogP) is 0.433. The number of hydrogen-bond donors (Lipinski definition) is 2. The molecular formula is C7H10IN3O2. The lowest BCUT2D eigenvalue weighted by Gasteiger charge is -2.10. The number of rotatable bonds is 4. The second-order valence-corrected chi connectivity index (χ2v) is 3.09. The largest absolute Gasteiger partial charge is 0.468 e. The number of imidazole rings is 1. The molecule has 1 atom stereocenters. The molecule has 0 saturated carbocycles. The number of carbonyl (C=O) groups is 1. The number of aromatic nitrogens is 2. The summed E-state index contributed by atoms with van der Waals surface area (Å²) in [5, 5.41) is 0. The van der Waals surface area contributed by atoms with Crippen LogP contribution < -0.4 is 3.53 Å². The van der Waals surface area contributed by atoms with E-state index in [1.54, 1.807) is 12.5 Å². The maximum atomic E-state index is 11.1. The second kappa shape index (κ2) is 5.18. The quantitative estimate of drug-likeness (QED) is 0.480. The summed E-state index contributed by atoms with van der Waals surface area (Å²) in [6.45, 7) is 0. The average Bonchev–Trinajstić information content (AvgIpc) is 2.65. The van der Waals surface area contributed by atoms with Crippen LogP contribution in [0.5, 0.6) is 0 Å². The maximum absolute atomic E-state index is 11.1. The first-order valence-electron chi connectivity index (χ1n) is 3.69. The number of esters is 1. The van der Waals surface area contributed by atoms with Crippen LogP contribution in [0.25, 0.3) is 0 Å². The SMILES string of the molecule is COC(=O)C(Cc1cnc[nH]1)NI. The molecule has 0 aromatic carbocycles. The number of methoxy groups -OCH3 is 1. The zero-order chi connectivity index (χ0) is 9.68. The van der Waals surface area contributed by atoms with Gasteiger partial charge in [-0.2, -0.15) is 0 Å². The Hall–Kier alpha value is -0.630. The van der Waals surface area contributed by atoms with Crippen LogP contribution in [0.3, 0.4) is 0 Å². The van der Waals surface area contributed by atoms with Crippen molar-refractivity contribution >= 4 is 28.8 Å². The Labute approximate surface area is 89.8 Å². The molecule has 2 N–H and O–H groups in total. The van der Waals surface area contributed by atoms with Crippen molar-refractivity contribution < 1.29 is 9.53 Å². The smallest absolute Gasteiger partial charge is 0.323 e. The Balaban J connectivity index is 2.54. The van der Waals surface area contributed by atoms with E-state index in [1.165, 1.54) is 7.11 Å². The number of hydrogen-bond acceptors (Lipinski definition) is 4. The molecular weight excluding hydrogens is 285 g/mol.